The summed E-state index contributed by atoms with van der Waals surface area (Å²) >= 11 is 0. The third-order valence-electron chi connectivity index (χ3n) is 4.33. The van der Waals surface area contributed by atoms with Crippen LogP contribution >= 0.6 is 0 Å². The predicted molar refractivity (Wildman–Crippen MR) is 90.7 cm³/mol. The fourth-order valence-corrected chi connectivity index (χ4v) is 3.13. The number of nitrogens with zero attached hydrogens (tertiary/aromatic N) is 6. The van der Waals surface area contributed by atoms with Gasteiger partial charge in [-0.05, 0) is 19.1 Å². The molecule has 0 amide bonds. The van der Waals surface area contributed by atoms with Crippen molar-refractivity contribution in [3.05, 3.63) is 48.4 Å². The average molecular weight is 324 g/mol. The van der Waals surface area contributed by atoms with Crippen molar-refractivity contribution < 1.29 is 4.39 Å². The van der Waals surface area contributed by atoms with Crippen LogP contribution in [0, 0.1) is 12.7 Å². The number of aromatic nitrogens is 4. The molecular formula is C17H17FN6. The number of halogens is 1. The second kappa shape index (κ2) is 5.99. The van der Waals surface area contributed by atoms with Crippen LogP contribution in [0.25, 0.3) is 10.9 Å². The molecule has 1 aliphatic heterocycles. The molecule has 0 N–H and O–H groups in total. The highest BCUT2D eigenvalue weighted by Crippen LogP contribution is 2.26. The summed E-state index contributed by atoms with van der Waals surface area (Å²) in [4.78, 5) is 21.6. The zero-order valence-corrected chi connectivity index (χ0v) is 13.4. The first-order valence-electron chi connectivity index (χ1n) is 7.91. The minimum absolute atomic E-state index is 0.315. The van der Waals surface area contributed by atoms with E-state index in [1.54, 1.807) is 18.5 Å². The van der Waals surface area contributed by atoms with Crippen LogP contribution in [-0.2, 0) is 0 Å². The van der Waals surface area contributed by atoms with Crippen molar-refractivity contribution in [2.24, 2.45) is 0 Å². The van der Waals surface area contributed by atoms with Crippen LogP contribution in [0.1, 0.15) is 5.69 Å². The van der Waals surface area contributed by atoms with E-state index in [0.717, 1.165) is 48.9 Å². The van der Waals surface area contributed by atoms with E-state index in [4.69, 9.17) is 0 Å². The minimum Gasteiger partial charge on any atom is -0.352 e. The Hall–Kier alpha value is -2.83. The van der Waals surface area contributed by atoms with E-state index in [-0.39, 0.29) is 5.82 Å². The van der Waals surface area contributed by atoms with E-state index in [1.807, 2.05) is 13.0 Å². The van der Waals surface area contributed by atoms with E-state index >= 15 is 0 Å². The maximum atomic E-state index is 13.9. The molecule has 0 atom stereocenters. The smallest absolute Gasteiger partial charge is 0.150 e. The number of piperazine rings is 1. The number of anilines is 2. The molecular weight excluding hydrogens is 307 g/mol. The fraction of sp³-hybridized carbons (Fsp3) is 0.294. The monoisotopic (exact) mass is 324 g/mol. The minimum atomic E-state index is -0.315. The zero-order valence-electron chi connectivity index (χ0n) is 13.4. The predicted octanol–water partition coefficient (Wildman–Crippen LogP) is 2.19. The van der Waals surface area contributed by atoms with Crippen LogP contribution in [0.2, 0.25) is 0 Å². The lowest BCUT2D eigenvalue weighted by atomic mass is 10.2. The molecule has 0 bridgehead atoms. The van der Waals surface area contributed by atoms with Crippen LogP contribution in [-0.4, -0.2) is 46.1 Å². The van der Waals surface area contributed by atoms with Crippen LogP contribution < -0.4 is 9.80 Å². The van der Waals surface area contributed by atoms with Crippen molar-refractivity contribution in [1.29, 1.82) is 0 Å². The molecule has 0 spiro atoms. The second-order valence-electron chi connectivity index (χ2n) is 5.77. The number of fused-ring (bicyclic) bond motifs is 1. The number of para-hydroxylation sites is 1. The Morgan fingerprint density at radius 1 is 0.875 bits per heavy atom. The number of benzene rings is 1. The molecule has 1 aromatic carbocycles. The molecule has 1 aliphatic rings. The maximum absolute atomic E-state index is 13.9. The Morgan fingerprint density at radius 3 is 2.33 bits per heavy atom. The molecule has 3 heterocycles. The van der Waals surface area contributed by atoms with E-state index in [9.17, 15) is 4.39 Å². The highest BCUT2D eigenvalue weighted by Gasteiger charge is 2.22. The summed E-state index contributed by atoms with van der Waals surface area (Å²) in [5.74, 6) is 1.40. The lowest BCUT2D eigenvalue weighted by Gasteiger charge is -2.36. The Bertz CT molecular complexity index is 876. The lowest BCUT2D eigenvalue weighted by molar-refractivity contribution is 0.632. The quantitative estimate of drug-likeness (QED) is 0.720. The van der Waals surface area contributed by atoms with Gasteiger partial charge in [-0.3, -0.25) is 4.98 Å². The molecule has 0 saturated carbocycles. The van der Waals surface area contributed by atoms with Crippen LogP contribution in [0.15, 0.2) is 36.9 Å². The van der Waals surface area contributed by atoms with Gasteiger partial charge >= 0.3 is 0 Å². The molecule has 7 heteroatoms. The maximum Gasteiger partial charge on any atom is 0.150 e. The molecule has 0 radical (unpaired) electrons. The number of rotatable bonds is 2. The van der Waals surface area contributed by atoms with Crippen LogP contribution in [0.5, 0.6) is 0 Å². The molecule has 1 fully saturated rings. The summed E-state index contributed by atoms with van der Waals surface area (Å²) in [5, 5.41) is 0.752. The van der Waals surface area contributed by atoms with Crippen molar-refractivity contribution >= 4 is 22.5 Å². The first-order chi connectivity index (χ1) is 11.7. The summed E-state index contributed by atoms with van der Waals surface area (Å²) in [6, 6.07) is 4.99. The Morgan fingerprint density at radius 2 is 1.58 bits per heavy atom. The lowest BCUT2D eigenvalue weighted by Crippen LogP contribution is -2.47. The molecule has 24 heavy (non-hydrogen) atoms. The van der Waals surface area contributed by atoms with Crippen molar-refractivity contribution in [3.8, 4) is 0 Å². The number of hydrogen-bond donors (Lipinski definition) is 0. The molecule has 2 aromatic heterocycles. The van der Waals surface area contributed by atoms with Crippen molar-refractivity contribution in [3.63, 3.8) is 0 Å². The van der Waals surface area contributed by atoms with E-state index < -0.39 is 0 Å². The van der Waals surface area contributed by atoms with Crippen LogP contribution in [0.4, 0.5) is 16.0 Å². The summed E-state index contributed by atoms with van der Waals surface area (Å²) in [5.41, 5.74) is 1.30. The van der Waals surface area contributed by atoms with Gasteiger partial charge in [0, 0.05) is 44.0 Å². The summed E-state index contributed by atoms with van der Waals surface area (Å²) in [7, 11) is 0. The van der Waals surface area contributed by atoms with Gasteiger partial charge in [-0.1, -0.05) is 6.07 Å². The van der Waals surface area contributed by atoms with Gasteiger partial charge < -0.3 is 9.80 Å². The van der Waals surface area contributed by atoms with E-state index in [1.165, 1.54) is 12.4 Å². The SMILES string of the molecule is Cc1nccnc1N1CCN(c2ncnc3c(F)cccc23)CC1. The Kier molecular flexibility index (Phi) is 3.68. The summed E-state index contributed by atoms with van der Waals surface area (Å²) < 4.78 is 13.9. The Balaban J connectivity index is 1.59. The highest BCUT2D eigenvalue weighted by atomic mass is 19.1. The van der Waals surface area contributed by atoms with E-state index in [2.05, 4.69) is 29.7 Å². The number of aryl methyl sites for hydroxylation is 1. The van der Waals surface area contributed by atoms with Gasteiger partial charge in [-0.25, -0.2) is 19.3 Å². The van der Waals surface area contributed by atoms with Crippen molar-refractivity contribution in [2.45, 2.75) is 6.92 Å². The topological polar surface area (TPSA) is 58.0 Å². The van der Waals surface area contributed by atoms with Gasteiger partial charge in [0.1, 0.15) is 29.3 Å². The number of hydrogen-bond acceptors (Lipinski definition) is 6. The van der Waals surface area contributed by atoms with Gasteiger partial charge in [-0.2, -0.15) is 0 Å². The fourth-order valence-electron chi connectivity index (χ4n) is 3.13. The highest BCUT2D eigenvalue weighted by molar-refractivity contribution is 5.89. The summed E-state index contributed by atoms with van der Waals surface area (Å²) in [6.07, 6.45) is 4.85. The van der Waals surface area contributed by atoms with Crippen molar-refractivity contribution in [2.75, 3.05) is 36.0 Å². The molecule has 0 unspecified atom stereocenters. The van der Waals surface area contributed by atoms with Crippen molar-refractivity contribution in [1.82, 2.24) is 19.9 Å². The summed E-state index contributed by atoms with van der Waals surface area (Å²) in [6.45, 7) is 5.19. The second-order valence-corrected chi connectivity index (χ2v) is 5.77. The first-order valence-corrected chi connectivity index (χ1v) is 7.91. The Labute approximate surface area is 139 Å². The van der Waals surface area contributed by atoms with E-state index in [0.29, 0.717) is 5.52 Å². The van der Waals surface area contributed by atoms with Crippen LogP contribution in [0.3, 0.4) is 0 Å². The molecule has 4 rings (SSSR count). The standard InChI is InChI=1S/C17H17FN6/c1-12-16(20-6-5-19-12)23-7-9-24(10-8-23)17-13-3-2-4-14(18)15(13)21-11-22-17/h2-6,11H,7-10H2,1H3. The third kappa shape index (κ3) is 2.51. The normalized spacial score (nSPS) is 15.1. The molecule has 1 saturated heterocycles. The molecule has 122 valence electrons. The van der Waals surface area contributed by atoms with Gasteiger partial charge in [0.25, 0.3) is 0 Å². The largest absolute Gasteiger partial charge is 0.352 e. The van der Waals surface area contributed by atoms with Gasteiger partial charge in [0.2, 0.25) is 0 Å². The molecule has 6 nitrogen and oxygen atoms in total. The average Bonchev–Trinajstić information content (AvgIpc) is 2.62. The first kappa shape index (κ1) is 14.7. The van der Waals surface area contributed by atoms with Gasteiger partial charge in [0.15, 0.2) is 0 Å². The zero-order chi connectivity index (χ0) is 16.5. The molecule has 3 aromatic rings. The van der Waals surface area contributed by atoms with Gasteiger partial charge in [-0.15, -0.1) is 0 Å². The third-order valence-corrected chi connectivity index (χ3v) is 4.33. The van der Waals surface area contributed by atoms with Gasteiger partial charge in [0.05, 0.1) is 5.69 Å². The molecule has 0 aliphatic carbocycles.